The Kier molecular flexibility index (Phi) is 3.67. The van der Waals surface area contributed by atoms with Crippen LogP contribution in [0.25, 0.3) is 22.1 Å². The maximum atomic E-state index is 11.5. The van der Waals surface area contributed by atoms with Crippen molar-refractivity contribution in [2.45, 2.75) is 6.92 Å². The third-order valence-corrected chi connectivity index (χ3v) is 4.50. The van der Waals surface area contributed by atoms with E-state index in [1.54, 1.807) is 22.6 Å². The molecule has 0 bridgehead atoms. The first-order valence-corrected chi connectivity index (χ1v) is 7.61. The molecule has 2 aromatic carbocycles. The van der Waals surface area contributed by atoms with E-state index in [0.717, 1.165) is 0 Å². The minimum Gasteiger partial charge on any atom is -0.507 e. The van der Waals surface area contributed by atoms with Gasteiger partial charge in [0.15, 0.2) is 6.29 Å². The highest BCUT2D eigenvalue weighted by atomic mass is 127. The fraction of sp³-hybridized carbons (Fsp3) is 0.0667. The van der Waals surface area contributed by atoms with Gasteiger partial charge in [0.1, 0.15) is 44.9 Å². The zero-order chi connectivity index (χ0) is 17.8. The van der Waals surface area contributed by atoms with Crippen LogP contribution in [0.15, 0.2) is 6.07 Å². The lowest BCUT2D eigenvalue weighted by atomic mass is 10.1. The fourth-order valence-electron chi connectivity index (χ4n) is 2.43. The quantitative estimate of drug-likeness (QED) is 0.270. The lowest BCUT2D eigenvalue weighted by molar-refractivity contribution is 0.0697. The summed E-state index contributed by atoms with van der Waals surface area (Å²) < 4.78 is 0.240. The Labute approximate surface area is 147 Å². The van der Waals surface area contributed by atoms with E-state index < -0.39 is 17.5 Å². The number of phenols is 3. The summed E-state index contributed by atoms with van der Waals surface area (Å²) in [5.74, 6) is -2.47. The van der Waals surface area contributed by atoms with Crippen molar-refractivity contribution in [2.75, 3.05) is 0 Å². The number of carboxylic acid groups (broad SMARTS) is 1. The molecule has 0 spiro atoms. The largest absolute Gasteiger partial charge is 0.507 e. The van der Waals surface area contributed by atoms with Crippen LogP contribution in [-0.2, 0) is 0 Å². The Balaban J connectivity index is 2.65. The normalized spacial score (nSPS) is 11.1. The molecule has 0 unspecified atom stereocenters. The number of aromatic carboxylic acids is 1. The van der Waals surface area contributed by atoms with Gasteiger partial charge in [-0.1, -0.05) is 0 Å². The Morgan fingerprint density at radius 2 is 1.71 bits per heavy atom. The molecule has 4 N–H and O–H groups in total. The molecule has 9 heteroatoms. The molecular formula is C15H9IN2O6. The molecule has 0 amide bonds. The van der Waals surface area contributed by atoms with Gasteiger partial charge in [-0.05, 0) is 35.6 Å². The van der Waals surface area contributed by atoms with Crippen molar-refractivity contribution >= 4 is 56.9 Å². The molecule has 1 heterocycles. The number of carboxylic acids is 1. The van der Waals surface area contributed by atoms with Crippen molar-refractivity contribution in [1.82, 2.24) is 9.97 Å². The van der Waals surface area contributed by atoms with Crippen molar-refractivity contribution in [3.05, 3.63) is 26.3 Å². The molecule has 3 rings (SSSR count). The van der Waals surface area contributed by atoms with Crippen LogP contribution in [-0.4, -0.2) is 42.6 Å². The number of hydrogen-bond acceptors (Lipinski definition) is 7. The van der Waals surface area contributed by atoms with Crippen LogP contribution in [0, 0.1) is 10.5 Å². The van der Waals surface area contributed by atoms with Gasteiger partial charge in [0.25, 0.3) is 0 Å². The molecular weight excluding hydrogens is 431 g/mol. The van der Waals surface area contributed by atoms with Crippen LogP contribution in [0.4, 0.5) is 0 Å². The zero-order valence-electron chi connectivity index (χ0n) is 12.0. The standard InChI is InChI=1S/C15H9IN2O6/c1-4-13(21)5(3-19)9-12(14(4)22)18-11-8(15(23)24)6(16)2-7(20)10(11)17-9/h2-3,20-22H,1H3,(H,23,24). The first-order valence-electron chi connectivity index (χ1n) is 6.53. The minimum atomic E-state index is -1.27. The molecule has 0 aliphatic heterocycles. The van der Waals surface area contributed by atoms with Crippen molar-refractivity contribution in [2.24, 2.45) is 0 Å². The van der Waals surface area contributed by atoms with Crippen molar-refractivity contribution < 1.29 is 30.0 Å². The van der Waals surface area contributed by atoms with Gasteiger partial charge in [-0.25, -0.2) is 14.8 Å². The van der Waals surface area contributed by atoms with Crippen molar-refractivity contribution in [3.63, 3.8) is 0 Å². The molecule has 0 atom stereocenters. The van der Waals surface area contributed by atoms with E-state index in [2.05, 4.69) is 9.97 Å². The number of carbonyl (C=O) groups is 2. The number of phenolic OH excluding ortho intramolecular Hbond substituents is 3. The number of aldehydes is 1. The van der Waals surface area contributed by atoms with Crippen molar-refractivity contribution in [1.29, 1.82) is 0 Å². The number of fused-ring (bicyclic) bond motifs is 2. The molecule has 24 heavy (non-hydrogen) atoms. The number of hydrogen-bond donors (Lipinski definition) is 4. The summed E-state index contributed by atoms with van der Waals surface area (Å²) in [4.78, 5) is 31.0. The van der Waals surface area contributed by atoms with Gasteiger partial charge >= 0.3 is 5.97 Å². The van der Waals surface area contributed by atoms with Crippen LogP contribution in [0.2, 0.25) is 0 Å². The number of nitrogens with zero attached hydrogens (tertiary/aromatic N) is 2. The number of halogens is 1. The SMILES string of the molecule is Cc1c(O)c(C=O)c2nc3c(O)cc(I)c(C(=O)O)c3nc2c1O. The molecule has 1 aromatic heterocycles. The van der Waals surface area contributed by atoms with Crippen LogP contribution in [0.5, 0.6) is 17.2 Å². The number of benzene rings is 2. The van der Waals surface area contributed by atoms with Gasteiger partial charge < -0.3 is 20.4 Å². The zero-order valence-corrected chi connectivity index (χ0v) is 14.2. The van der Waals surface area contributed by atoms with E-state index in [-0.39, 0.29) is 48.1 Å². The highest BCUT2D eigenvalue weighted by Crippen LogP contribution is 2.39. The van der Waals surface area contributed by atoms with E-state index in [0.29, 0.717) is 6.29 Å². The number of carbonyl (C=O) groups excluding carboxylic acids is 1. The Bertz CT molecular complexity index is 1060. The summed E-state index contributed by atoms with van der Waals surface area (Å²) in [5.41, 5.74) is -0.914. The maximum Gasteiger partial charge on any atom is 0.339 e. The summed E-state index contributed by atoms with van der Waals surface area (Å²) in [6.45, 7) is 1.38. The first kappa shape index (κ1) is 16.2. The topological polar surface area (TPSA) is 141 Å². The third kappa shape index (κ3) is 2.12. The van der Waals surface area contributed by atoms with Gasteiger partial charge in [0.05, 0.1) is 5.56 Å². The number of rotatable bonds is 2. The van der Waals surface area contributed by atoms with Crippen LogP contribution < -0.4 is 0 Å². The molecule has 0 radical (unpaired) electrons. The highest BCUT2D eigenvalue weighted by molar-refractivity contribution is 14.1. The Morgan fingerprint density at radius 1 is 1.08 bits per heavy atom. The molecule has 0 aliphatic rings. The molecule has 8 nitrogen and oxygen atoms in total. The van der Waals surface area contributed by atoms with Gasteiger partial charge in [-0.2, -0.15) is 0 Å². The Morgan fingerprint density at radius 3 is 2.29 bits per heavy atom. The molecule has 122 valence electrons. The van der Waals surface area contributed by atoms with Crippen LogP contribution >= 0.6 is 22.6 Å². The monoisotopic (exact) mass is 440 g/mol. The Hall–Kier alpha value is -2.69. The second-order valence-electron chi connectivity index (χ2n) is 5.03. The molecule has 0 saturated carbocycles. The number of aromatic nitrogens is 2. The van der Waals surface area contributed by atoms with Gasteiger partial charge in [-0.15, -0.1) is 0 Å². The molecule has 0 saturated heterocycles. The maximum absolute atomic E-state index is 11.5. The second kappa shape index (κ2) is 5.44. The predicted octanol–water partition coefficient (Wildman–Crippen LogP) is 2.32. The highest BCUT2D eigenvalue weighted by Gasteiger charge is 2.23. The van der Waals surface area contributed by atoms with Gasteiger partial charge in [0, 0.05) is 9.13 Å². The van der Waals surface area contributed by atoms with Gasteiger partial charge in [0.2, 0.25) is 0 Å². The smallest absolute Gasteiger partial charge is 0.339 e. The molecule has 0 aliphatic carbocycles. The van der Waals surface area contributed by atoms with E-state index in [4.69, 9.17) is 0 Å². The number of aromatic hydroxyl groups is 3. The van der Waals surface area contributed by atoms with Crippen LogP contribution in [0.3, 0.4) is 0 Å². The van der Waals surface area contributed by atoms with Gasteiger partial charge in [-0.3, -0.25) is 4.79 Å². The summed E-state index contributed by atoms with van der Waals surface area (Å²) in [6, 6.07) is 1.21. The lowest BCUT2D eigenvalue weighted by Gasteiger charge is -2.12. The predicted molar refractivity (Wildman–Crippen MR) is 91.8 cm³/mol. The third-order valence-electron chi connectivity index (χ3n) is 3.65. The average molecular weight is 440 g/mol. The fourth-order valence-corrected chi connectivity index (χ4v) is 3.21. The molecule has 3 aromatic rings. The van der Waals surface area contributed by atoms with E-state index in [1.807, 2.05) is 0 Å². The second-order valence-corrected chi connectivity index (χ2v) is 6.19. The molecule has 0 fully saturated rings. The minimum absolute atomic E-state index is 0.0185. The average Bonchev–Trinajstić information content (AvgIpc) is 2.52. The first-order chi connectivity index (χ1) is 11.3. The summed E-state index contributed by atoms with van der Waals surface area (Å²) >= 11 is 1.74. The van der Waals surface area contributed by atoms with E-state index in [1.165, 1.54) is 13.0 Å². The van der Waals surface area contributed by atoms with Crippen LogP contribution in [0.1, 0.15) is 26.3 Å². The van der Waals surface area contributed by atoms with Crippen molar-refractivity contribution in [3.8, 4) is 17.2 Å². The summed E-state index contributed by atoms with van der Waals surface area (Å²) in [6.07, 6.45) is 0.354. The lowest BCUT2D eigenvalue weighted by Crippen LogP contribution is -2.05. The van der Waals surface area contributed by atoms with E-state index in [9.17, 15) is 30.0 Å². The summed E-state index contributed by atoms with van der Waals surface area (Å²) in [7, 11) is 0. The van der Waals surface area contributed by atoms with E-state index >= 15 is 0 Å². The summed E-state index contributed by atoms with van der Waals surface area (Å²) in [5, 5.41) is 39.6.